The van der Waals surface area contributed by atoms with Crippen molar-refractivity contribution < 1.29 is 0 Å². The van der Waals surface area contributed by atoms with Crippen LogP contribution in [0.2, 0.25) is 0 Å². The van der Waals surface area contributed by atoms with Gasteiger partial charge in [0.2, 0.25) is 0 Å². The number of hydrogen-bond donors (Lipinski definition) is 0. The highest BCUT2D eigenvalue weighted by atomic mass is 15.4. The third-order valence-corrected chi connectivity index (χ3v) is 3.62. The molecule has 0 saturated heterocycles. The van der Waals surface area contributed by atoms with Gasteiger partial charge in [0.05, 0.1) is 17.6 Å². The summed E-state index contributed by atoms with van der Waals surface area (Å²) in [7, 11) is 0. The summed E-state index contributed by atoms with van der Waals surface area (Å²) >= 11 is 0. The van der Waals surface area contributed by atoms with Gasteiger partial charge in [0.15, 0.2) is 0 Å². The van der Waals surface area contributed by atoms with Crippen molar-refractivity contribution in [2.75, 3.05) is 0 Å². The zero-order chi connectivity index (χ0) is 14.1. The molecule has 1 aromatic heterocycles. The molecule has 0 aliphatic heterocycles. The second kappa shape index (κ2) is 4.87. The molecule has 0 fully saturated rings. The number of rotatable bonds is 2. The van der Waals surface area contributed by atoms with E-state index in [-0.39, 0.29) is 0 Å². The lowest BCUT2D eigenvalue weighted by atomic mass is 10.0. The van der Waals surface area contributed by atoms with E-state index in [1.54, 1.807) is 0 Å². The van der Waals surface area contributed by atoms with Crippen LogP contribution in [0.1, 0.15) is 0 Å². The highest BCUT2D eigenvalue weighted by Crippen LogP contribution is 2.29. The van der Waals surface area contributed by atoms with Crippen LogP contribution in [0.3, 0.4) is 0 Å². The quantitative estimate of drug-likeness (QED) is 0.550. The van der Waals surface area contributed by atoms with Gasteiger partial charge in [-0.05, 0) is 22.9 Å². The highest BCUT2D eigenvalue weighted by molar-refractivity contribution is 5.95. The molecule has 0 unspecified atom stereocenters. The van der Waals surface area contributed by atoms with E-state index in [0.717, 1.165) is 16.9 Å². The van der Waals surface area contributed by atoms with E-state index in [1.807, 2.05) is 41.2 Å². The molecule has 0 aliphatic carbocycles. The average molecular weight is 271 g/mol. The summed E-state index contributed by atoms with van der Waals surface area (Å²) < 4.78 is 1.88. The summed E-state index contributed by atoms with van der Waals surface area (Å²) in [5, 5.41) is 10.8. The topological polar surface area (TPSA) is 30.7 Å². The minimum absolute atomic E-state index is 0.998. The van der Waals surface area contributed by atoms with Crippen molar-refractivity contribution in [3.63, 3.8) is 0 Å². The van der Waals surface area contributed by atoms with Crippen molar-refractivity contribution in [1.29, 1.82) is 0 Å². The van der Waals surface area contributed by atoms with Crippen LogP contribution in [0.15, 0.2) is 79.0 Å². The monoisotopic (exact) mass is 271 g/mol. The van der Waals surface area contributed by atoms with Crippen LogP contribution in [0.25, 0.3) is 27.7 Å². The van der Waals surface area contributed by atoms with E-state index < -0.39 is 0 Å². The number of nitrogens with zero attached hydrogens (tertiary/aromatic N) is 3. The fourth-order valence-electron chi connectivity index (χ4n) is 2.63. The van der Waals surface area contributed by atoms with Crippen molar-refractivity contribution in [2.24, 2.45) is 0 Å². The van der Waals surface area contributed by atoms with Crippen molar-refractivity contribution in [2.45, 2.75) is 0 Å². The summed E-state index contributed by atoms with van der Waals surface area (Å²) in [6, 6.07) is 24.7. The van der Waals surface area contributed by atoms with Crippen LogP contribution < -0.4 is 0 Å². The Hall–Kier alpha value is -2.94. The van der Waals surface area contributed by atoms with Crippen LogP contribution in [-0.2, 0) is 0 Å². The van der Waals surface area contributed by atoms with Crippen LogP contribution in [-0.4, -0.2) is 15.0 Å². The van der Waals surface area contributed by atoms with E-state index in [1.165, 1.54) is 10.8 Å². The Bertz CT molecular complexity index is 889. The van der Waals surface area contributed by atoms with Crippen LogP contribution >= 0.6 is 0 Å². The maximum Gasteiger partial charge on any atom is 0.0950 e. The van der Waals surface area contributed by atoms with Crippen molar-refractivity contribution in [3.8, 4) is 16.9 Å². The molecular formula is C18H13N3. The first-order valence-electron chi connectivity index (χ1n) is 6.88. The second-order valence-electron chi connectivity index (χ2n) is 4.89. The molecule has 0 saturated carbocycles. The van der Waals surface area contributed by atoms with Gasteiger partial charge in [-0.3, -0.25) is 0 Å². The van der Waals surface area contributed by atoms with E-state index >= 15 is 0 Å². The second-order valence-corrected chi connectivity index (χ2v) is 4.89. The van der Waals surface area contributed by atoms with Crippen molar-refractivity contribution in [3.05, 3.63) is 79.0 Å². The molecule has 4 rings (SSSR count). The molecule has 1 heterocycles. The summed E-state index contributed by atoms with van der Waals surface area (Å²) in [5.41, 5.74) is 3.15. The molecule has 0 radical (unpaired) electrons. The minimum Gasteiger partial charge on any atom is -0.213 e. The van der Waals surface area contributed by atoms with Crippen molar-refractivity contribution >= 4 is 10.8 Å². The SMILES string of the molecule is c1ccc(-n2nncc2-c2cccc3ccccc23)cc1. The normalized spacial score (nSPS) is 10.9. The van der Waals surface area contributed by atoms with E-state index in [9.17, 15) is 0 Å². The Kier molecular flexibility index (Phi) is 2.75. The lowest BCUT2D eigenvalue weighted by molar-refractivity contribution is 0.808. The van der Waals surface area contributed by atoms with Gasteiger partial charge in [-0.25, -0.2) is 4.68 Å². The third kappa shape index (κ3) is 1.99. The summed E-state index contributed by atoms with van der Waals surface area (Å²) in [6.07, 6.45) is 1.81. The Morgan fingerprint density at radius 1 is 0.714 bits per heavy atom. The number of hydrogen-bond acceptors (Lipinski definition) is 2. The summed E-state index contributed by atoms with van der Waals surface area (Å²) in [5.74, 6) is 0. The smallest absolute Gasteiger partial charge is 0.0950 e. The largest absolute Gasteiger partial charge is 0.213 e. The third-order valence-electron chi connectivity index (χ3n) is 3.62. The molecule has 21 heavy (non-hydrogen) atoms. The number of aromatic nitrogens is 3. The first-order chi connectivity index (χ1) is 10.4. The molecule has 0 spiro atoms. The molecule has 0 aliphatic rings. The van der Waals surface area contributed by atoms with Gasteiger partial charge in [-0.15, -0.1) is 5.10 Å². The molecule has 3 nitrogen and oxygen atoms in total. The Morgan fingerprint density at radius 3 is 2.38 bits per heavy atom. The van der Waals surface area contributed by atoms with Gasteiger partial charge in [-0.1, -0.05) is 65.9 Å². The van der Waals surface area contributed by atoms with E-state index in [0.29, 0.717) is 0 Å². The zero-order valence-corrected chi connectivity index (χ0v) is 11.3. The average Bonchev–Trinajstić information content (AvgIpc) is 3.04. The van der Waals surface area contributed by atoms with Gasteiger partial charge in [0.1, 0.15) is 0 Å². The number of benzene rings is 3. The lowest BCUT2D eigenvalue weighted by Gasteiger charge is -2.09. The Morgan fingerprint density at radius 2 is 1.48 bits per heavy atom. The minimum atomic E-state index is 0.998. The summed E-state index contributed by atoms with van der Waals surface area (Å²) in [4.78, 5) is 0. The lowest BCUT2D eigenvalue weighted by Crippen LogP contribution is -1.99. The van der Waals surface area contributed by atoms with Crippen molar-refractivity contribution in [1.82, 2.24) is 15.0 Å². The molecule has 4 aromatic rings. The molecule has 0 atom stereocenters. The van der Waals surface area contributed by atoms with E-state index in [4.69, 9.17) is 0 Å². The number of fused-ring (bicyclic) bond motifs is 1. The van der Waals surface area contributed by atoms with Crippen LogP contribution in [0, 0.1) is 0 Å². The standard InChI is InChI=1S/C18H13N3/c1-2-9-15(10-3-1)21-18(13-19-20-21)17-12-6-8-14-7-4-5-11-16(14)17/h1-13H. The predicted octanol–water partition coefficient (Wildman–Crippen LogP) is 4.09. The first-order valence-corrected chi connectivity index (χ1v) is 6.88. The highest BCUT2D eigenvalue weighted by Gasteiger charge is 2.11. The fourth-order valence-corrected chi connectivity index (χ4v) is 2.63. The molecule has 0 N–H and O–H groups in total. The molecular weight excluding hydrogens is 258 g/mol. The summed E-state index contributed by atoms with van der Waals surface area (Å²) in [6.45, 7) is 0. The zero-order valence-electron chi connectivity index (χ0n) is 11.3. The van der Waals surface area contributed by atoms with Crippen LogP contribution in [0.5, 0.6) is 0 Å². The molecule has 3 aromatic carbocycles. The Balaban J connectivity index is 1.97. The molecule has 0 bridgehead atoms. The molecule has 0 amide bonds. The van der Waals surface area contributed by atoms with Gasteiger partial charge in [-0.2, -0.15) is 0 Å². The molecule has 3 heteroatoms. The fraction of sp³-hybridized carbons (Fsp3) is 0. The maximum atomic E-state index is 4.24. The van der Waals surface area contributed by atoms with Gasteiger partial charge in [0, 0.05) is 5.56 Å². The van der Waals surface area contributed by atoms with Gasteiger partial charge >= 0.3 is 0 Å². The molecule has 100 valence electrons. The Labute approximate surface area is 122 Å². The van der Waals surface area contributed by atoms with Crippen LogP contribution in [0.4, 0.5) is 0 Å². The van der Waals surface area contributed by atoms with E-state index in [2.05, 4.69) is 52.8 Å². The first kappa shape index (κ1) is 11.9. The maximum absolute atomic E-state index is 4.24. The van der Waals surface area contributed by atoms with Gasteiger partial charge in [0.25, 0.3) is 0 Å². The van der Waals surface area contributed by atoms with Gasteiger partial charge < -0.3 is 0 Å². The predicted molar refractivity (Wildman–Crippen MR) is 84.3 cm³/mol. The number of para-hydroxylation sites is 1.